The number of halogens is 1. The second-order valence-corrected chi connectivity index (χ2v) is 8.23. The van der Waals surface area contributed by atoms with Gasteiger partial charge in [-0.3, -0.25) is 9.36 Å². The Balaban J connectivity index is 2.49. The van der Waals surface area contributed by atoms with Gasteiger partial charge in [-0.25, -0.2) is 4.98 Å². The van der Waals surface area contributed by atoms with E-state index in [2.05, 4.69) is 41.7 Å². The molecule has 0 amide bonds. The molecule has 2 heterocycles. The Morgan fingerprint density at radius 2 is 2.05 bits per heavy atom. The van der Waals surface area contributed by atoms with E-state index in [9.17, 15) is 4.79 Å². The predicted octanol–water partition coefficient (Wildman–Crippen LogP) is 4.13. The van der Waals surface area contributed by atoms with Crippen molar-refractivity contribution in [3.8, 4) is 0 Å². The average molecular weight is 357 g/mol. The van der Waals surface area contributed by atoms with Crippen LogP contribution in [0.25, 0.3) is 10.2 Å². The minimum Gasteiger partial charge on any atom is -0.298 e. The van der Waals surface area contributed by atoms with E-state index in [0.29, 0.717) is 12.5 Å². The highest BCUT2D eigenvalue weighted by Crippen LogP contribution is 2.29. The van der Waals surface area contributed by atoms with E-state index in [0.717, 1.165) is 21.1 Å². The summed E-state index contributed by atoms with van der Waals surface area (Å²) < 4.78 is 1.76. The molecule has 2 aromatic heterocycles. The highest BCUT2D eigenvalue weighted by Gasteiger charge is 2.25. The third kappa shape index (κ3) is 2.84. The van der Waals surface area contributed by atoms with Crippen LogP contribution in [0.2, 0.25) is 0 Å². The highest BCUT2D eigenvalue weighted by molar-refractivity contribution is 9.09. The van der Waals surface area contributed by atoms with Crippen LogP contribution < -0.4 is 5.56 Å². The summed E-state index contributed by atoms with van der Waals surface area (Å²) in [7, 11) is 0. The van der Waals surface area contributed by atoms with Gasteiger partial charge in [0.15, 0.2) is 0 Å². The fraction of sp³-hybridized carbons (Fsp3) is 0.600. The van der Waals surface area contributed by atoms with Crippen molar-refractivity contribution in [1.29, 1.82) is 0 Å². The molecule has 0 N–H and O–H groups in total. The lowest BCUT2D eigenvalue weighted by molar-refractivity contribution is 0.237. The molecule has 0 saturated heterocycles. The Labute approximate surface area is 132 Å². The van der Waals surface area contributed by atoms with Crippen LogP contribution in [-0.4, -0.2) is 14.9 Å². The molecule has 0 aliphatic rings. The Hall–Kier alpha value is -0.680. The average Bonchev–Trinajstić information content (AvgIpc) is 2.63. The molecule has 5 heteroatoms. The monoisotopic (exact) mass is 356 g/mol. The van der Waals surface area contributed by atoms with Crippen molar-refractivity contribution in [3.63, 3.8) is 0 Å². The summed E-state index contributed by atoms with van der Waals surface area (Å²) in [5.41, 5.74) is 1.31. The van der Waals surface area contributed by atoms with E-state index in [1.54, 1.807) is 22.2 Å². The zero-order chi connectivity index (χ0) is 15.1. The standard InChI is InChI=1S/C15H21BrN2OS/c1-9-10(2)20-13-12(9)14(19)18(8-17-13)7-11(6-16)15(3,4)5/h8,11H,6-7H2,1-5H3. The maximum Gasteiger partial charge on any atom is 0.262 e. The molecule has 0 aliphatic carbocycles. The van der Waals surface area contributed by atoms with E-state index >= 15 is 0 Å². The van der Waals surface area contributed by atoms with Crippen LogP contribution in [0.5, 0.6) is 0 Å². The lowest BCUT2D eigenvalue weighted by Crippen LogP contribution is -2.31. The van der Waals surface area contributed by atoms with Gasteiger partial charge >= 0.3 is 0 Å². The Morgan fingerprint density at radius 3 is 2.60 bits per heavy atom. The van der Waals surface area contributed by atoms with Gasteiger partial charge < -0.3 is 0 Å². The SMILES string of the molecule is Cc1sc2ncn(CC(CBr)C(C)(C)C)c(=O)c2c1C. The molecule has 2 rings (SSSR count). The molecule has 1 atom stereocenters. The van der Waals surface area contributed by atoms with Crippen LogP contribution >= 0.6 is 27.3 Å². The number of aromatic nitrogens is 2. The summed E-state index contributed by atoms with van der Waals surface area (Å²) in [4.78, 5) is 19.1. The third-order valence-electron chi connectivity index (χ3n) is 3.98. The van der Waals surface area contributed by atoms with Gasteiger partial charge in [-0.05, 0) is 30.7 Å². The third-order valence-corrected chi connectivity index (χ3v) is 5.88. The molecule has 0 spiro atoms. The van der Waals surface area contributed by atoms with Gasteiger partial charge in [-0.1, -0.05) is 36.7 Å². The van der Waals surface area contributed by atoms with Crippen LogP contribution in [0.1, 0.15) is 31.2 Å². The lowest BCUT2D eigenvalue weighted by Gasteiger charge is -2.29. The molecule has 3 nitrogen and oxygen atoms in total. The highest BCUT2D eigenvalue weighted by atomic mass is 79.9. The van der Waals surface area contributed by atoms with E-state index in [4.69, 9.17) is 0 Å². The lowest BCUT2D eigenvalue weighted by atomic mass is 9.82. The summed E-state index contributed by atoms with van der Waals surface area (Å²) in [6.07, 6.45) is 1.70. The van der Waals surface area contributed by atoms with E-state index in [1.165, 1.54) is 4.88 Å². The van der Waals surface area contributed by atoms with E-state index in [-0.39, 0.29) is 11.0 Å². The maximum absolute atomic E-state index is 12.7. The molecule has 0 fully saturated rings. The van der Waals surface area contributed by atoms with Gasteiger partial charge in [0.1, 0.15) is 4.83 Å². The zero-order valence-corrected chi connectivity index (χ0v) is 15.1. The summed E-state index contributed by atoms with van der Waals surface area (Å²) in [6, 6.07) is 0. The van der Waals surface area contributed by atoms with Crippen molar-refractivity contribution in [1.82, 2.24) is 9.55 Å². The summed E-state index contributed by atoms with van der Waals surface area (Å²) >= 11 is 5.17. The van der Waals surface area contributed by atoms with E-state index in [1.807, 2.05) is 13.8 Å². The molecule has 0 aliphatic heterocycles. The molecule has 20 heavy (non-hydrogen) atoms. The van der Waals surface area contributed by atoms with Crippen LogP contribution in [0, 0.1) is 25.2 Å². The van der Waals surface area contributed by atoms with E-state index < -0.39 is 0 Å². The minimum absolute atomic E-state index is 0.0899. The van der Waals surface area contributed by atoms with Gasteiger partial charge in [0, 0.05) is 16.8 Å². The maximum atomic E-state index is 12.7. The summed E-state index contributed by atoms with van der Waals surface area (Å²) in [5, 5.41) is 1.67. The van der Waals surface area contributed by atoms with Gasteiger partial charge in [0.05, 0.1) is 11.7 Å². The number of hydrogen-bond acceptors (Lipinski definition) is 3. The van der Waals surface area contributed by atoms with Gasteiger partial charge in [-0.2, -0.15) is 0 Å². The van der Waals surface area contributed by atoms with Crippen molar-refractivity contribution in [2.24, 2.45) is 11.3 Å². The molecule has 110 valence electrons. The van der Waals surface area contributed by atoms with Crippen LogP contribution in [0.4, 0.5) is 0 Å². The van der Waals surface area contributed by atoms with Crippen molar-refractivity contribution in [3.05, 3.63) is 27.1 Å². The first-order valence-corrected chi connectivity index (χ1v) is 8.70. The fourth-order valence-corrected chi connectivity index (χ4v) is 4.36. The first kappa shape index (κ1) is 15.7. The molecular formula is C15H21BrN2OS. The van der Waals surface area contributed by atoms with Crippen LogP contribution in [0.15, 0.2) is 11.1 Å². The first-order valence-electron chi connectivity index (χ1n) is 6.76. The zero-order valence-electron chi connectivity index (χ0n) is 12.7. The second kappa shape index (κ2) is 5.60. The van der Waals surface area contributed by atoms with Gasteiger partial charge in [-0.15, -0.1) is 11.3 Å². The Bertz CT molecular complexity index is 681. The number of nitrogens with zero attached hydrogens (tertiary/aromatic N) is 2. The molecule has 1 unspecified atom stereocenters. The van der Waals surface area contributed by atoms with Crippen molar-refractivity contribution in [2.75, 3.05) is 5.33 Å². The largest absolute Gasteiger partial charge is 0.298 e. The molecular weight excluding hydrogens is 336 g/mol. The van der Waals surface area contributed by atoms with Gasteiger partial charge in [0.25, 0.3) is 5.56 Å². The quantitative estimate of drug-likeness (QED) is 0.774. The fourth-order valence-electron chi connectivity index (χ4n) is 2.19. The van der Waals surface area contributed by atoms with Crippen molar-refractivity contribution >= 4 is 37.5 Å². The number of thiophene rings is 1. The summed E-state index contributed by atoms with van der Waals surface area (Å²) in [6.45, 7) is 11.4. The minimum atomic E-state index is 0.0899. The van der Waals surface area contributed by atoms with Crippen LogP contribution in [-0.2, 0) is 6.54 Å². The number of fused-ring (bicyclic) bond motifs is 1. The first-order chi connectivity index (χ1) is 9.25. The number of alkyl halides is 1. The molecule has 0 bridgehead atoms. The normalized spacial score (nSPS) is 13.9. The smallest absolute Gasteiger partial charge is 0.262 e. The molecule has 0 radical (unpaired) electrons. The molecule has 2 aromatic rings. The molecule has 0 saturated carbocycles. The number of rotatable bonds is 3. The molecule has 0 aromatic carbocycles. The topological polar surface area (TPSA) is 34.9 Å². The number of aryl methyl sites for hydroxylation is 2. The van der Waals surface area contributed by atoms with Crippen molar-refractivity contribution < 1.29 is 0 Å². The second-order valence-electron chi connectivity index (χ2n) is 6.38. The Kier molecular flexibility index (Phi) is 4.40. The summed E-state index contributed by atoms with van der Waals surface area (Å²) in [5.74, 6) is 0.388. The predicted molar refractivity (Wildman–Crippen MR) is 90.1 cm³/mol. The van der Waals surface area contributed by atoms with Crippen molar-refractivity contribution in [2.45, 2.75) is 41.2 Å². The van der Waals surface area contributed by atoms with Crippen LogP contribution in [0.3, 0.4) is 0 Å². The Morgan fingerprint density at radius 1 is 1.40 bits per heavy atom. The number of hydrogen-bond donors (Lipinski definition) is 0. The van der Waals surface area contributed by atoms with Gasteiger partial charge in [0.2, 0.25) is 0 Å².